The number of rotatable bonds is 2. The number of hydrogen-bond donors (Lipinski definition) is 0. The topological polar surface area (TPSA) is 9.23 Å². The fourth-order valence-electron chi connectivity index (χ4n) is 2.75. The zero-order valence-corrected chi connectivity index (χ0v) is 17.9. The molecule has 0 atom stereocenters. The maximum atomic E-state index is 5.54. The second-order valence-electron chi connectivity index (χ2n) is 6.56. The van der Waals surface area contributed by atoms with Crippen molar-refractivity contribution in [2.45, 2.75) is 69.2 Å². The summed E-state index contributed by atoms with van der Waals surface area (Å²) >= 11 is 0. The third kappa shape index (κ3) is 7.60. The van der Waals surface area contributed by atoms with Crippen LogP contribution in [0.3, 0.4) is 0 Å². The summed E-state index contributed by atoms with van der Waals surface area (Å²) in [5.41, 5.74) is 9.19. The molecule has 0 unspecified atom stereocenters. The van der Waals surface area contributed by atoms with Crippen molar-refractivity contribution >= 4 is 0 Å². The maximum Gasteiger partial charge on any atom is 0.132 e. The summed E-state index contributed by atoms with van der Waals surface area (Å²) in [6.45, 7) is 24.4. The van der Waals surface area contributed by atoms with Crippen LogP contribution in [-0.2, 0) is 0 Å². The van der Waals surface area contributed by atoms with Crippen molar-refractivity contribution in [1.82, 2.24) is 0 Å². The van der Waals surface area contributed by atoms with Gasteiger partial charge in [-0.15, -0.1) is 0 Å². The molecule has 140 valence electrons. The Morgan fingerprint density at radius 1 is 0.720 bits per heavy atom. The quantitative estimate of drug-likeness (QED) is 0.508. The average Bonchev–Trinajstić information content (AvgIpc) is 2.51. The van der Waals surface area contributed by atoms with Gasteiger partial charge in [-0.25, -0.2) is 0 Å². The Morgan fingerprint density at radius 3 is 1.36 bits per heavy atom. The van der Waals surface area contributed by atoms with Crippen molar-refractivity contribution in [3.8, 4) is 5.75 Å². The van der Waals surface area contributed by atoms with Gasteiger partial charge in [-0.05, 0) is 83.2 Å². The fourth-order valence-corrected chi connectivity index (χ4v) is 2.75. The molecular weight excluding hydrogens is 304 g/mol. The zero-order valence-electron chi connectivity index (χ0n) is 17.9. The van der Waals surface area contributed by atoms with Crippen LogP contribution < -0.4 is 4.74 Å². The predicted molar refractivity (Wildman–Crippen MR) is 115 cm³/mol. The molecule has 0 saturated heterocycles. The van der Waals surface area contributed by atoms with Crippen molar-refractivity contribution in [2.75, 3.05) is 0 Å². The molecule has 0 heterocycles. The molecule has 0 saturated carbocycles. The first-order valence-corrected chi connectivity index (χ1v) is 9.07. The molecule has 0 aliphatic rings. The molecule has 0 aliphatic carbocycles. The first-order chi connectivity index (χ1) is 11.6. The molecule has 0 radical (unpaired) electrons. The van der Waals surface area contributed by atoms with Crippen molar-refractivity contribution in [3.05, 3.63) is 75.5 Å². The van der Waals surface area contributed by atoms with Gasteiger partial charge in [0.2, 0.25) is 0 Å². The fraction of sp³-hybridized carbons (Fsp3) is 0.417. The molecule has 0 fully saturated rings. The minimum atomic E-state index is 0. The highest BCUT2D eigenvalue weighted by atomic mass is 16.5. The van der Waals surface area contributed by atoms with Gasteiger partial charge in [-0.1, -0.05) is 55.8 Å². The van der Waals surface area contributed by atoms with E-state index in [1.807, 2.05) is 20.8 Å². The molecular formula is C24H38O. The van der Waals surface area contributed by atoms with E-state index >= 15 is 0 Å². The van der Waals surface area contributed by atoms with Crippen LogP contribution in [0.4, 0.5) is 0 Å². The van der Waals surface area contributed by atoms with Gasteiger partial charge in [-0.2, -0.15) is 0 Å². The summed E-state index contributed by atoms with van der Waals surface area (Å²) in [5.74, 6) is 1.67. The summed E-state index contributed by atoms with van der Waals surface area (Å²) in [7, 11) is 0. The number of benzene rings is 2. The summed E-state index contributed by atoms with van der Waals surface area (Å²) < 4.78 is 5.54. The molecule has 0 N–H and O–H groups in total. The average molecular weight is 343 g/mol. The molecule has 1 heteroatoms. The van der Waals surface area contributed by atoms with E-state index in [4.69, 9.17) is 4.74 Å². The monoisotopic (exact) mass is 342 g/mol. The van der Waals surface area contributed by atoms with E-state index < -0.39 is 0 Å². The largest absolute Gasteiger partial charge is 0.462 e. The molecule has 25 heavy (non-hydrogen) atoms. The lowest BCUT2D eigenvalue weighted by molar-refractivity contribution is 0.424. The molecule has 0 aliphatic heterocycles. The van der Waals surface area contributed by atoms with Crippen LogP contribution in [-0.4, -0.2) is 0 Å². The van der Waals surface area contributed by atoms with Crippen molar-refractivity contribution in [3.63, 3.8) is 0 Å². The summed E-state index contributed by atoms with van der Waals surface area (Å²) in [6.07, 6.45) is 0. The Labute approximate surface area is 157 Å². The number of ether oxygens (including phenoxy) is 1. The van der Waals surface area contributed by atoms with Gasteiger partial charge >= 0.3 is 0 Å². The predicted octanol–water partition coefficient (Wildman–Crippen LogP) is 7.72. The third-order valence-corrected chi connectivity index (χ3v) is 3.95. The van der Waals surface area contributed by atoms with Crippen molar-refractivity contribution in [1.29, 1.82) is 0 Å². The van der Waals surface area contributed by atoms with Crippen LogP contribution >= 0.6 is 0 Å². The van der Waals surface area contributed by atoms with Gasteiger partial charge in [0.1, 0.15) is 5.75 Å². The van der Waals surface area contributed by atoms with E-state index in [9.17, 15) is 0 Å². The van der Waals surface area contributed by atoms with E-state index in [1.54, 1.807) is 0 Å². The summed E-state index contributed by atoms with van der Waals surface area (Å²) in [6, 6.07) is 8.68. The smallest absolute Gasteiger partial charge is 0.132 e. The Hall–Kier alpha value is -2.02. The van der Waals surface area contributed by atoms with E-state index in [-0.39, 0.29) is 1.43 Å². The molecule has 2 aromatic carbocycles. The van der Waals surface area contributed by atoms with Gasteiger partial charge in [0.15, 0.2) is 0 Å². The molecule has 0 bridgehead atoms. The van der Waals surface area contributed by atoms with Gasteiger partial charge in [-0.3, -0.25) is 0 Å². The Morgan fingerprint density at radius 2 is 1.04 bits per heavy atom. The second kappa shape index (κ2) is 10.8. The van der Waals surface area contributed by atoms with Crippen LogP contribution in [0.15, 0.2) is 36.6 Å². The van der Waals surface area contributed by atoms with Gasteiger partial charge in [0.05, 0.1) is 5.76 Å². The highest BCUT2D eigenvalue weighted by Gasteiger charge is 2.04. The van der Waals surface area contributed by atoms with Crippen molar-refractivity contribution in [2.24, 2.45) is 0 Å². The highest BCUT2D eigenvalue weighted by molar-refractivity contribution is 5.43. The lowest BCUT2D eigenvalue weighted by atomic mass is 10.0. The number of hydrogen-bond acceptors (Lipinski definition) is 1. The van der Waals surface area contributed by atoms with Gasteiger partial charge in [0, 0.05) is 1.43 Å². The molecule has 2 rings (SSSR count). The normalized spacial score (nSPS) is 9.36. The SMILES string of the molecule is C=C(C)Oc1c(C)cc(C)cc1C.CC.Cc1cc(C)c(C)c(C)c1.[HH]. The Kier molecular flexibility index (Phi) is 9.89. The Bertz CT molecular complexity index is 668. The van der Waals surface area contributed by atoms with Crippen LogP contribution in [0.25, 0.3) is 0 Å². The van der Waals surface area contributed by atoms with Crippen LogP contribution in [0.2, 0.25) is 0 Å². The second-order valence-corrected chi connectivity index (χ2v) is 6.56. The lowest BCUT2D eigenvalue weighted by Gasteiger charge is -2.11. The van der Waals surface area contributed by atoms with E-state index in [0.29, 0.717) is 0 Å². The first kappa shape index (κ1) is 23.0. The van der Waals surface area contributed by atoms with E-state index in [1.165, 1.54) is 38.9 Å². The molecule has 2 aromatic rings. The summed E-state index contributed by atoms with van der Waals surface area (Å²) in [4.78, 5) is 0. The molecule has 1 nitrogen and oxygen atoms in total. The Balaban J connectivity index is 0. The first-order valence-electron chi connectivity index (χ1n) is 9.07. The van der Waals surface area contributed by atoms with Gasteiger partial charge in [0.25, 0.3) is 0 Å². The summed E-state index contributed by atoms with van der Waals surface area (Å²) in [5, 5.41) is 0. The third-order valence-electron chi connectivity index (χ3n) is 3.95. The molecule has 0 spiro atoms. The molecule has 0 amide bonds. The van der Waals surface area contributed by atoms with E-state index in [0.717, 1.165) is 11.5 Å². The number of allylic oxidation sites excluding steroid dienone is 1. The molecule has 0 aromatic heterocycles. The van der Waals surface area contributed by atoms with Crippen LogP contribution in [0.5, 0.6) is 5.75 Å². The number of aryl methyl sites for hydroxylation is 6. The minimum Gasteiger partial charge on any atom is -0.462 e. The van der Waals surface area contributed by atoms with Crippen molar-refractivity contribution < 1.29 is 6.16 Å². The van der Waals surface area contributed by atoms with Gasteiger partial charge < -0.3 is 4.74 Å². The lowest BCUT2D eigenvalue weighted by Crippen LogP contribution is -1.95. The minimum absolute atomic E-state index is 0. The van der Waals surface area contributed by atoms with E-state index in [2.05, 4.69) is 79.3 Å². The zero-order chi connectivity index (χ0) is 19.7. The van der Waals surface area contributed by atoms with Crippen LogP contribution in [0.1, 0.15) is 61.1 Å². The highest BCUT2D eigenvalue weighted by Crippen LogP contribution is 2.25. The standard InChI is InChI=1S/C12H16O.C10H14.C2H6.H2/c1-8(2)13-12-10(4)6-9(3)7-11(12)5;1-7-5-8(2)10(4)9(3)6-7;1-2;/h6-7H,1H2,2-5H3;5-6H,1-4H3;1-2H3;1H. The maximum absolute atomic E-state index is 5.54. The van der Waals surface area contributed by atoms with Crippen LogP contribution in [0, 0.1) is 48.5 Å².